The molecule has 2 aromatic rings. The van der Waals surface area contributed by atoms with E-state index in [1.54, 1.807) is 30.3 Å². The molecule has 3 rings (SSSR count). The molecule has 1 heterocycles. The largest absolute Gasteiger partial charge is 0.484 e. The van der Waals surface area contributed by atoms with Crippen LogP contribution in [0.15, 0.2) is 66.7 Å². The van der Waals surface area contributed by atoms with Gasteiger partial charge < -0.3 is 19.7 Å². The van der Waals surface area contributed by atoms with E-state index in [-0.39, 0.29) is 24.5 Å². The van der Waals surface area contributed by atoms with Gasteiger partial charge in [0.1, 0.15) is 18.4 Å². The summed E-state index contributed by atoms with van der Waals surface area (Å²) in [6, 6.07) is 11.4. The van der Waals surface area contributed by atoms with Crippen molar-refractivity contribution in [1.82, 2.24) is 10.2 Å². The van der Waals surface area contributed by atoms with Gasteiger partial charge in [-0.3, -0.25) is 23.9 Å². The van der Waals surface area contributed by atoms with Gasteiger partial charge in [-0.1, -0.05) is 24.8 Å². The summed E-state index contributed by atoms with van der Waals surface area (Å²) in [5.41, 5.74) is 0.598. The topological polar surface area (TPSA) is 154 Å². The molecular formula is C24H25N3O9S. The van der Waals surface area contributed by atoms with Gasteiger partial charge >= 0.3 is 5.97 Å². The van der Waals surface area contributed by atoms with E-state index >= 15 is 0 Å². The number of carbonyl (C=O) groups excluding carboxylic acids is 3. The first-order valence-corrected chi connectivity index (χ1v) is 12.1. The summed E-state index contributed by atoms with van der Waals surface area (Å²) in [5, 5.41) is 12.1. The van der Waals surface area contributed by atoms with Crippen molar-refractivity contribution in [2.75, 3.05) is 13.7 Å². The van der Waals surface area contributed by atoms with Gasteiger partial charge in [0.15, 0.2) is 29.1 Å². The van der Waals surface area contributed by atoms with Crippen LogP contribution in [-0.2, 0) is 41.0 Å². The maximum absolute atomic E-state index is 13.0. The van der Waals surface area contributed by atoms with Crippen molar-refractivity contribution in [1.29, 1.82) is 0 Å². The lowest BCUT2D eigenvalue weighted by Crippen LogP contribution is -2.75. The Kier molecular flexibility index (Phi) is 9.09. The van der Waals surface area contributed by atoms with Crippen LogP contribution >= 0.6 is 0 Å². The molecule has 37 heavy (non-hydrogen) atoms. The number of amides is 2. The van der Waals surface area contributed by atoms with E-state index in [1.807, 2.05) is 0 Å². The number of nitro groups is 1. The van der Waals surface area contributed by atoms with Crippen LogP contribution in [0.2, 0.25) is 0 Å². The second kappa shape index (κ2) is 12.2. The van der Waals surface area contributed by atoms with E-state index in [0.29, 0.717) is 11.3 Å². The number of rotatable bonds is 12. The van der Waals surface area contributed by atoms with Gasteiger partial charge in [0.05, 0.1) is 12.0 Å². The molecule has 196 valence electrons. The Bertz CT molecular complexity index is 1200. The molecule has 13 heteroatoms. The molecule has 1 aliphatic heterocycles. The van der Waals surface area contributed by atoms with E-state index in [2.05, 4.69) is 11.9 Å². The maximum Gasteiger partial charge on any atom is 0.333 e. The van der Waals surface area contributed by atoms with Crippen LogP contribution in [-0.4, -0.2) is 63.0 Å². The van der Waals surface area contributed by atoms with E-state index in [9.17, 15) is 28.7 Å². The van der Waals surface area contributed by atoms with Crippen molar-refractivity contribution in [3.05, 3.63) is 82.4 Å². The summed E-state index contributed by atoms with van der Waals surface area (Å²) in [7, 11) is 1.16. The lowest BCUT2D eigenvalue weighted by Gasteiger charge is -2.48. The number of para-hydroxylation sites is 1. The molecular weight excluding hydrogens is 506 g/mol. The number of esters is 1. The third-order valence-electron chi connectivity index (χ3n) is 5.37. The molecule has 2 aromatic carbocycles. The van der Waals surface area contributed by atoms with Crippen molar-refractivity contribution in [2.24, 2.45) is 0 Å². The summed E-state index contributed by atoms with van der Waals surface area (Å²) in [6.45, 7) is 4.64. The molecule has 2 unspecified atom stereocenters. The van der Waals surface area contributed by atoms with Crippen LogP contribution in [0, 0.1) is 10.1 Å². The molecule has 2 amide bonds. The van der Waals surface area contributed by atoms with Crippen molar-refractivity contribution in [3.8, 4) is 5.75 Å². The number of ether oxygens (including phenoxy) is 2. The number of nitrogens with one attached hydrogen (secondary N) is 1. The highest BCUT2D eigenvalue weighted by Crippen LogP contribution is 2.30. The smallest absolute Gasteiger partial charge is 0.333 e. The summed E-state index contributed by atoms with van der Waals surface area (Å²) >= 11 is -2.09. The lowest BCUT2D eigenvalue weighted by atomic mass is 9.99. The predicted octanol–water partition coefficient (Wildman–Crippen LogP) is 1.62. The number of nitro benzene ring substituents is 1. The average Bonchev–Trinajstić information content (AvgIpc) is 2.89. The number of hydrogen-bond donors (Lipinski definition) is 1. The fraction of sp³-hybridized carbons (Fsp3) is 0.292. The summed E-state index contributed by atoms with van der Waals surface area (Å²) in [5.74, 6) is -1.71. The van der Waals surface area contributed by atoms with Crippen molar-refractivity contribution in [2.45, 2.75) is 31.0 Å². The van der Waals surface area contributed by atoms with Crippen LogP contribution in [0.4, 0.5) is 5.69 Å². The van der Waals surface area contributed by atoms with Gasteiger partial charge in [-0.05, 0) is 42.3 Å². The van der Waals surface area contributed by atoms with Crippen LogP contribution in [0.5, 0.6) is 5.75 Å². The second-order valence-corrected chi connectivity index (χ2v) is 9.33. The molecule has 1 saturated heterocycles. The first kappa shape index (κ1) is 27.5. The first-order valence-electron chi connectivity index (χ1n) is 10.9. The Balaban J connectivity index is 1.68. The van der Waals surface area contributed by atoms with Crippen LogP contribution in [0.25, 0.3) is 0 Å². The number of benzene rings is 2. The minimum Gasteiger partial charge on any atom is -0.484 e. The Morgan fingerprint density at radius 2 is 1.84 bits per heavy atom. The number of likely N-dealkylation sites (tertiary alicyclic amines) is 1. The lowest BCUT2D eigenvalue weighted by molar-refractivity contribution is -0.384. The fourth-order valence-electron chi connectivity index (χ4n) is 3.58. The van der Waals surface area contributed by atoms with Gasteiger partial charge in [0.2, 0.25) is 0 Å². The minimum absolute atomic E-state index is 0.117. The van der Waals surface area contributed by atoms with Gasteiger partial charge in [-0.25, -0.2) is 9.00 Å². The quantitative estimate of drug-likeness (QED) is 0.141. The molecule has 0 aliphatic carbocycles. The van der Waals surface area contributed by atoms with E-state index < -0.39 is 51.2 Å². The Labute approximate surface area is 215 Å². The molecule has 1 aliphatic rings. The van der Waals surface area contributed by atoms with E-state index in [1.165, 1.54) is 31.2 Å². The van der Waals surface area contributed by atoms with Crippen molar-refractivity contribution < 1.29 is 37.2 Å². The van der Waals surface area contributed by atoms with Crippen molar-refractivity contribution >= 4 is 34.6 Å². The minimum atomic E-state index is -2.09. The van der Waals surface area contributed by atoms with Crippen LogP contribution in [0.3, 0.4) is 0 Å². The molecule has 0 bridgehead atoms. The van der Waals surface area contributed by atoms with E-state index in [0.717, 1.165) is 12.0 Å². The highest BCUT2D eigenvalue weighted by molar-refractivity contribution is 7.81. The highest BCUT2D eigenvalue weighted by atomic mass is 32.2. The SMILES string of the molecule is C=C(C)C(C(=O)OCc1ccc([N+](=O)[O-])cc1)N1C(=O)[C@@H](NC(=O)COc2ccccc2)[C@H]1S(=O)OC. The third-order valence-corrected chi connectivity index (χ3v) is 6.59. The zero-order valence-corrected chi connectivity index (χ0v) is 20.8. The zero-order valence-electron chi connectivity index (χ0n) is 20.0. The molecule has 0 spiro atoms. The molecule has 1 N–H and O–H groups in total. The summed E-state index contributed by atoms with van der Waals surface area (Å²) in [6.07, 6.45) is 0. The van der Waals surface area contributed by atoms with Crippen LogP contribution < -0.4 is 10.1 Å². The number of hydrogen-bond acceptors (Lipinski definition) is 9. The predicted molar refractivity (Wildman–Crippen MR) is 131 cm³/mol. The second-order valence-electron chi connectivity index (χ2n) is 7.99. The number of β-lactam (4-membered cyclic amide) rings is 1. The summed E-state index contributed by atoms with van der Waals surface area (Å²) in [4.78, 5) is 49.6. The molecule has 12 nitrogen and oxygen atoms in total. The first-order chi connectivity index (χ1) is 17.6. The number of carbonyl (C=O) groups is 3. The standard InChI is InChI=1S/C24H25N3O9S/c1-15(2)21(24(30)36-13-16-9-11-17(12-10-16)27(31)32)26-22(29)20(23(26)37(33)34-3)25-19(28)14-35-18-7-5-4-6-8-18/h4-12,20-21,23H,1,13-14H2,2-3H3,(H,25,28)/t20-,21?,23-,37?/m1/s1. The zero-order chi connectivity index (χ0) is 27.1. The maximum atomic E-state index is 13.0. The fourth-order valence-corrected chi connectivity index (χ4v) is 4.59. The van der Waals surface area contributed by atoms with E-state index in [4.69, 9.17) is 13.7 Å². The third kappa shape index (κ3) is 6.57. The molecule has 0 saturated carbocycles. The average molecular weight is 532 g/mol. The Hall–Kier alpha value is -4.10. The summed E-state index contributed by atoms with van der Waals surface area (Å²) < 4.78 is 28.2. The Morgan fingerprint density at radius 3 is 2.41 bits per heavy atom. The highest BCUT2D eigenvalue weighted by Gasteiger charge is 2.57. The van der Waals surface area contributed by atoms with Gasteiger partial charge in [0.25, 0.3) is 17.5 Å². The van der Waals surface area contributed by atoms with Crippen molar-refractivity contribution in [3.63, 3.8) is 0 Å². The molecule has 4 atom stereocenters. The number of nitrogens with zero attached hydrogens (tertiary/aromatic N) is 2. The Morgan fingerprint density at radius 1 is 1.19 bits per heavy atom. The normalized spacial score (nSPS) is 18.2. The molecule has 0 aromatic heterocycles. The van der Waals surface area contributed by atoms with Gasteiger partial charge in [-0.2, -0.15) is 0 Å². The molecule has 0 radical (unpaired) electrons. The number of non-ortho nitro benzene ring substituents is 1. The molecule has 1 fully saturated rings. The van der Waals surface area contributed by atoms with Gasteiger partial charge in [-0.15, -0.1) is 0 Å². The monoisotopic (exact) mass is 531 g/mol. The van der Waals surface area contributed by atoms with Crippen LogP contribution in [0.1, 0.15) is 12.5 Å². The van der Waals surface area contributed by atoms with Gasteiger partial charge in [0, 0.05) is 12.1 Å².